The summed E-state index contributed by atoms with van der Waals surface area (Å²) in [4.78, 5) is 34.3. The van der Waals surface area contributed by atoms with Crippen LogP contribution in [0, 0.1) is 12.8 Å². The number of hydrogen-bond donors (Lipinski definition) is 2. The molecule has 0 saturated carbocycles. The molecule has 0 radical (unpaired) electrons. The molecule has 2 amide bonds. The molecule has 0 aliphatic heterocycles. The lowest BCUT2D eigenvalue weighted by atomic mass is 10.1. The molecule has 0 aliphatic carbocycles. The van der Waals surface area contributed by atoms with E-state index in [4.69, 9.17) is 10.5 Å². The van der Waals surface area contributed by atoms with Gasteiger partial charge in [-0.3, -0.25) is 9.59 Å². The van der Waals surface area contributed by atoms with Gasteiger partial charge in [-0.25, -0.2) is 4.79 Å². The van der Waals surface area contributed by atoms with Crippen molar-refractivity contribution in [3.8, 4) is 0 Å². The number of anilines is 1. The Bertz CT molecular complexity index is 582. The van der Waals surface area contributed by atoms with Crippen molar-refractivity contribution in [3.63, 3.8) is 0 Å². The van der Waals surface area contributed by atoms with Crippen molar-refractivity contribution in [2.24, 2.45) is 11.7 Å². The molecule has 6 nitrogen and oxygen atoms in total. The highest BCUT2D eigenvalue weighted by Gasteiger charge is 2.11. The Morgan fingerprint density at radius 2 is 1.96 bits per heavy atom. The summed E-state index contributed by atoms with van der Waals surface area (Å²) in [6, 6.07) is 4.96. The predicted octanol–water partition coefficient (Wildman–Crippen LogP) is 2.40. The zero-order valence-electron chi connectivity index (χ0n) is 13.8. The minimum Gasteiger partial charge on any atom is -0.462 e. The van der Waals surface area contributed by atoms with Gasteiger partial charge in [-0.2, -0.15) is 0 Å². The largest absolute Gasteiger partial charge is 0.462 e. The van der Waals surface area contributed by atoms with E-state index in [0.717, 1.165) is 5.56 Å². The van der Waals surface area contributed by atoms with Gasteiger partial charge in [-0.15, -0.1) is 0 Å². The Morgan fingerprint density at radius 3 is 2.52 bits per heavy atom. The van der Waals surface area contributed by atoms with Crippen molar-refractivity contribution >= 4 is 23.5 Å². The number of ether oxygens (including phenoxy) is 1. The molecule has 0 unspecified atom stereocenters. The summed E-state index contributed by atoms with van der Waals surface area (Å²) in [6.07, 6.45) is 1.04. The standard InChI is InChI=1S/C17H24N2O4/c1-11(2)9-16(21)19-14-7-6-13(10-12(14)3)17(22)23-8-4-5-15(18)20/h6-7,10-11H,4-5,8-9H2,1-3H3,(H2,18,20)(H,19,21). The average molecular weight is 320 g/mol. The van der Waals surface area contributed by atoms with Gasteiger partial charge in [-0.1, -0.05) is 13.8 Å². The lowest BCUT2D eigenvalue weighted by molar-refractivity contribution is -0.118. The monoisotopic (exact) mass is 320 g/mol. The van der Waals surface area contributed by atoms with Crippen molar-refractivity contribution in [1.29, 1.82) is 0 Å². The molecule has 0 bridgehead atoms. The smallest absolute Gasteiger partial charge is 0.338 e. The van der Waals surface area contributed by atoms with Crippen LogP contribution < -0.4 is 11.1 Å². The molecular weight excluding hydrogens is 296 g/mol. The van der Waals surface area contributed by atoms with Crippen molar-refractivity contribution in [2.45, 2.75) is 40.0 Å². The molecular formula is C17H24N2O4. The van der Waals surface area contributed by atoms with Crippen LogP contribution >= 0.6 is 0 Å². The Labute approximate surface area is 136 Å². The average Bonchev–Trinajstić information content (AvgIpc) is 2.44. The van der Waals surface area contributed by atoms with Gasteiger partial charge >= 0.3 is 5.97 Å². The van der Waals surface area contributed by atoms with Gasteiger partial charge in [0.15, 0.2) is 0 Å². The summed E-state index contributed by atoms with van der Waals surface area (Å²) in [5.74, 6) is -0.647. The van der Waals surface area contributed by atoms with Gasteiger partial charge in [0.1, 0.15) is 0 Å². The first-order chi connectivity index (χ1) is 10.8. The summed E-state index contributed by atoms with van der Waals surface area (Å²) in [7, 11) is 0. The van der Waals surface area contributed by atoms with Crippen molar-refractivity contribution in [1.82, 2.24) is 0 Å². The summed E-state index contributed by atoms with van der Waals surface area (Å²) >= 11 is 0. The Kier molecular flexibility index (Phi) is 7.25. The summed E-state index contributed by atoms with van der Waals surface area (Å²) in [5, 5.41) is 2.83. The summed E-state index contributed by atoms with van der Waals surface area (Å²) < 4.78 is 5.07. The SMILES string of the molecule is Cc1cc(C(=O)OCCCC(N)=O)ccc1NC(=O)CC(C)C. The molecule has 3 N–H and O–H groups in total. The number of carbonyl (C=O) groups excluding carboxylic acids is 3. The van der Waals surface area contributed by atoms with Crippen LogP contribution in [0.1, 0.15) is 49.0 Å². The van der Waals surface area contributed by atoms with E-state index in [-0.39, 0.29) is 24.9 Å². The zero-order chi connectivity index (χ0) is 17.4. The Balaban J connectivity index is 2.59. The Hall–Kier alpha value is -2.37. The first-order valence-electron chi connectivity index (χ1n) is 7.65. The first-order valence-corrected chi connectivity index (χ1v) is 7.65. The van der Waals surface area contributed by atoms with Gasteiger partial charge in [-0.05, 0) is 43.0 Å². The van der Waals surface area contributed by atoms with Crippen LogP contribution in [0.25, 0.3) is 0 Å². The fraction of sp³-hybridized carbons (Fsp3) is 0.471. The van der Waals surface area contributed by atoms with Crippen LogP contribution in [0.5, 0.6) is 0 Å². The molecule has 0 aromatic heterocycles. The second kappa shape index (κ2) is 8.92. The minimum atomic E-state index is -0.461. The molecule has 0 saturated heterocycles. The number of hydrogen-bond acceptors (Lipinski definition) is 4. The van der Waals surface area contributed by atoms with Crippen molar-refractivity contribution in [3.05, 3.63) is 29.3 Å². The van der Waals surface area contributed by atoms with Crippen LogP contribution in [-0.4, -0.2) is 24.4 Å². The maximum Gasteiger partial charge on any atom is 0.338 e. The van der Waals surface area contributed by atoms with E-state index in [0.29, 0.717) is 24.1 Å². The number of carbonyl (C=O) groups is 3. The highest BCUT2D eigenvalue weighted by molar-refractivity contribution is 5.94. The maximum atomic E-state index is 11.9. The van der Waals surface area contributed by atoms with Crippen LogP contribution in [0.3, 0.4) is 0 Å². The molecule has 126 valence electrons. The summed E-state index contributed by atoms with van der Waals surface area (Å²) in [6.45, 7) is 5.91. The van der Waals surface area contributed by atoms with E-state index in [1.807, 2.05) is 20.8 Å². The van der Waals surface area contributed by atoms with Crippen LogP contribution in [0.2, 0.25) is 0 Å². The molecule has 1 aromatic carbocycles. The number of esters is 1. The second-order valence-electron chi connectivity index (χ2n) is 5.88. The second-order valence-corrected chi connectivity index (χ2v) is 5.88. The first kappa shape index (κ1) is 18.7. The number of aryl methyl sites for hydroxylation is 1. The molecule has 0 spiro atoms. The Morgan fingerprint density at radius 1 is 1.26 bits per heavy atom. The zero-order valence-corrected chi connectivity index (χ0v) is 13.8. The molecule has 0 atom stereocenters. The number of primary amides is 1. The van der Waals surface area contributed by atoms with Crippen LogP contribution in [0.4, 0.5) is 5.69 Å². The van der Waals surface area contributed by atoms with Crippen LogP contribution in [-0.2, 0) is 14.3 Å². The molecule has 0 aliphatic rings. The highest BCUT2D eigenvalue weighted by atomic mass is 16.5. The van der Waals surface area contributed by atoms with E-state index in [2.05, 4.69) is 5.32 Å². The van der Waals surface area contributed by atoms with Crippen molar-refractivity contribution in [2.75, 3.05) is 11.9 Å². The van der Waals surface area contributed by atoms with E-state index in [9.17, 15) is 14.4 Å². The fourth-order valence-electron chi connectivity index (χ4n) is 2.00. The lowest BCUT2D eigenvalue weighted by Gasteiger charge is -2.11. The number of nitrogens with two attached hydrogens (primary N) is 1. The topological polar surface area (TPSA) is 98.5 Å². The number of nitrogens with one attached hydrogen (secondary N) is 1. The minimum absolute atomic E-state index is 0.0510. The quantitative estimate of drug-likeness (QED) is 0.567. The maximum absolute atomic E-state index is 11.9. The van der Waals surface area contributed by atoms with E-state index in [1.165, 1.54) is 0 Å². The third-order valence-corrected chi connectivity index (χ3v) is 3.13. The van der Waals surface area contributed by atoms with Gasteiger partial charge in [0.05, 0.1) is 12.2 Å². The number of amides is 2. The van der Waals surface area contributed by atoms with Gasteiger partial charge in [0, 0.05) is 18.5 Å². The van der Waals surface area contributed by atoms with Crippen LogP contribution in [0.15, 0.2) is 18.2 Å². The molecule has 1 aromatic rings. The summed E-state index contributed by atoms with van der Waals surface area (Å²) in [5.41, 5.74) is 6.89. The van der Waals surface area contributed by atoms with E-state index < -0.39 is 11.9 Å². The van der Waals surface area contributed by atoms with E-state index in [1.54, 1.807) is 18.2 Å². The predicted molar refractivity (Wildman–Crippen MR) is 88.0 cm³/mol. The number of benzene rings is 1. The lowest BCUT2D eigenvalue weighted by Crippen LogP contribution is -2.15. The molecule has 0 fully saturated rings. The third-order valence-electron chi connectivity index (χ3n) is 3.13. The molecule has 6 heteroatoms. The fourth-order valence-corrected chi connectivity index (χ4v) is 2.00. The third kappa shape index (κ3) is 6.95. The molecule has 0 heterocycles. The number of rotatable bonds is 8. The van der Waals surface area contributed by atoms with Gasteiger partial charge in [0.25, 0.3) is 0 Å². The molecule has 23 heavy (non-hydrogen) atoms. The molecule has 1 rings (SSSR count). The van der Waals surface area contributed by atoms with Crippen molar-refractivity contribution < 1.29 is 19.1 Å². The van der Waals surface area contributed by atoms with Gasteiger partial charge < -0.3 is 15.8 Å². The van der Waals surface area contributed by atoms with E-state index >= 15 is 0 Å². The normalized spacial score (nSPS) is 10.4. The van der Waals surface area contributed by atoms with Gasteiger partial charge in [0.2, 0.25) is 11.8 Å². The highest BCUT2D eigenvalue weighted by Crippen LogP contribution is 2.18.